The second-order valence-corrected chi connectivity index (χ2v) is 8.61. The summed E-state index contributed by atoms with van der Waals surface area (Å²) in [5.41, 5.74) is 3.98. The predicted octanol–water partition coefficient (Wildman–Crippen LogP) is 6.20. The fourth-order valence-corrected chi connectivity index (χ4v) is 4.41. The van der Waals surface area contributed by atoms with Crippen LogP contribution in [0.3, 0.4) is 0 Å². The van der Waals surface area contributed by atoms with Crippen LogP contribution in [0.5, 0.6) is 28.7 Å². The van der Waals surface area contributed by atoms with E-state index in [1.807, 2.05) is 78.5 Å². The highest BCUT2D eigenvalue weighted by Gasteiger charge is 2.14. The number of carbonyl (C=O) groups is 1. The van der Waals surface area contributed by atoms with Crippen LogP contribution in [0.25, 0.3) is 23.1 Å². The summed E-state index contributed by atoms with van der Waals surface area (Å²) in [4.78, 5) is 13.0. The number of fused-ring (bicyclic) bond motifs is 1. The number of hydrogen-bond acceptors (Lipinski definition) is 7. The summed E-state index contributed by atoms with van der Waals surface area (Å²) in [7, 11) is 9.80. The number of benzene rings is 3. The van der Waals surface area contributed by atoms with Gasteiger partial charge in [0.25, 0.3) is 0 Å². The van der Waals surface area contributed by atoms with Crippen LogP contribution in [0, 0.1) is 0 Å². The van der Waals surface area contributed by atoms with Gasteiger partial charge in [-0.2, -0.15) is 0 Å². The third-order valence-corrected chi connectivity index (χ3v) is 6.29. The van der Waals surface area contributed by atoms with Gasteiger partial charge in [-0.3, -0.25) is 4.79 Å². The van der Waals surface area contributed by atoms with E-state index in [0.717, 1.165) is 22.0 Å². The molecule has 0 bridgehead atoms. The van der Waals surface area contributed by atoms with Crippen LogP contribution < -0.4 is 29.0 Å². The van der Waals surface area contributed by atoms with Crippen molar-refractivity contribution in [3.8, 4) is 28.7 Å². The molecule has 39 heavy (non-hydrogen) atoms. The van der Waals surface area contributed by atoms with Crippen molar-refractivity contribution in [2.45, 2.75) is 0 Å². The van der Waals surface area contributed by atoms with Gasteiger partial charge in [0.2, 0.25) is 5.75 Å². The smallest absolute Gasteiger partial charge is 0.203 e. The highest BCUT2D eigenvalue weighted by atomic mass is 16.5. The molecule has 1 heterocycles. The Balaban J connectivity index is 1.61. The van der Waals surface area contributed by atoms with E-state index in [4.69, 9.17) is 23.7 Å². The van der Waals surface area contributed by atoms with Gasteiger partial charge in [0.15, 0.2) is 28.8 Å². The summed E-state index contributed by atoms with van der Waals surface area (Å²) < 4.78 is 29.4. The highest BCUT2D eigenvalue weighted by molar-refractivity contribution is 6.13. The molecule has 0 amide bonds. The van der Waals surface area contributed by atoms with Crippen LogP contribution in [0.1, 0.15) is 21.5 Å². The summed E-state index contributed by atoms with van der Waals surface area (Å²) in [5, 5.41) is 4.09. The van der Waals surface area contributed by atoms with Gasteiger partial charge >= 0.3 is 0 Å². The first-order chi connectivity index (χ1) is 18.9. The van der Waals surface area contributed by atoms with E-state index in [1.54, 1.807) is 41.7 Å². The van der Waals surface area contributed by atoms with Crippen molar-refractivity contribution in [2.75, 3.05) is 40.9 Å². The number of methoxy groups -OCH3 is 5. The van der Waals surface area contributed by atoms with Crippen LogP contribution in [0.4, 0.5) is 5.69 Å². The zero-order chi connectivity index (χ0) is 27.9. The molecule has 8 nitrogen and oxygen atoms in total. The van der Waals surface area contributed by atoms with Crippen molar-refractivity contribution < 1.29 is 28.5 Å². The molecule has 3 aromatic carbocycles. The maximum absolute atomic E-state index is 13.0. The fourth-order valence-electron chi connectivity index (χ4n) is 4.41. The van der Waals surface area contributed by atoms with E-state index in [9.17, 15) is 4.79 Å². The first-order valence-electron chi connectivity index (χ1n) is 12.2. The summed E-state index contributed by atoms with van der Waals surface area (Å²) in [6.07, 6.45) is 8.81. The van der Waals surface area contributed by atoms with Gasteiger partial charge in [0.1, 0.15) is 0 Å². The molecule has 0 spiro atoms. The summed E-state index contributed by atoms with van der Waals surface area (Å²) in [6, 6.07) is 15.3. The monoisotopic (exact) mass is 528 g/mol. The van der Waals surface area contributed by atoms with E-state index < -0.39 is 0 Å². The minimum Gasteiger partial charge on any atom is -0.493 e. The normalized spacial score (nSPS) is 11.2. The van der Waals surface area contributed by atoms with E-state index in [1.165, 1.54) is 6.08 Å². The van der Waals surface area contributed by atoms with Crippen LogP contribution >= 0.6 is 0 Å². The summed E-state index contributed by atoms with van der Waals surface area (Å²) >= 11 is 0. The Morgan fingerprint density at radius 3 is 1.92 bits per heavy atom. The molecule has 202 valence electrons. The molecule has 4 rings (SSSR count). The number of para-hydroxylation sites is 1. The molecule has 1 aromatic heterocycles. The van der Waals surface area contributed by atoms with Crippen molar-refractivity contribution in [3.05, 3.63) is 83.7 Å². The van der Waals surface area contributed by atoms with Crippen molar-refractivity contribution in [1.29, 1.82) is 0 Å². The number of nitrogens with one attached hydrogen (secondary N) is 1. The Hall–Kier alpha value is -4.85. The number of ketones is 1. The Labute approximate surface area is 228 Å². The number of hydrogen-bond donors (Lipinski definition) is 1. The molecular weight excluding hydrogens is 496 g/mol. The lowest BCUT2D eigenvalue weighted by atomic mass is 10.1. The quantitative estimate of drug-likeness (QED) is 0.141. The predicted molar refractivity (Wildman–Crippen MR) is 155 cm³/mol. The average Bonchev–Trinajstić information content (AvgIpc) is 3.31. The van der Waals surface area contributed by atoms with Gasteiger partial charge in [-0.15, -0.1) is 0 Å². The second kappa shape index (κ2) is 12.1. The molecule has 0 aliphatic rings. The third-order valence-electron chi connectivity index (χ3n) is 6.29. The zero-order valence-electron chi connectivity index (χ0n) is 22.9. The molecule has 0 saturated carbocycles. The Kier molecular flexibility index (Phi) is 8.46. The zero-order valence-corrected chi connectivity index (χ0v) is 22.9. The third kappa shape index (κ3) is 5.70. The molecule has 0 fully saturated rings. The van der Waals surface area contributed by atoms with E-state index >= 15 is 0 Å². The molecule has 0 unspecified atom stereocenters. The first kappa shape index (κ1) is 27.2. The fraction of sp³-hybridized carbons (Fsp3) is 0.194. The van der Waals surface area contributed by atoms with E-state index in [-0.39, 0.29) is 5.78 Å². The molecule has 1 N–H and O–H groups in total. The van der Waals surface area contributed by atoms with Gasteiger partial charge in [-0.25, -0.2) is 0 Å². The summed E-state index contributed by atoms with van der Waals surface area (Å²) in [6.45, 7) is 0. The minimum absolute atomic E-state index is 0.108. The second-order valence-electron chi connectivity index (χ2n) is 8.61. The Bertz CT molecular complexity index is 1530. The molecular formula is C31H32N2O6. The van der Waals surface area contributed by atoms with Gasteiger partial charge in [-0.05, 0) is 41.5 Å². The van der Waals surface area contributed by atoms with Crippen molar-refractivity contribution >= 4 is 34.5 Å². The maximum Gasteiger partial charge on any atom is 0.203 e. The number of carbonyl (C=O) groups excluding carboxylic acids is 1. The topological polar surface area (TPSA) is 80.2 Å². The molecule has 0 aliphatic heterocycles. The lowest BCUT2D eigenvalue weighted by Gasteiger charge is -2.14. The number of allylic oxidation sites excluding steroid dienone is 1. The lowest BCUT2D eigenvalue weighted by molar-refractivity contribution is 0.104. The van der Waals surface area contributed by atoms with Crippen LogP contribution in [-0.2, 0) is 7.05 Å². The molecule has 0 saturated heterocycles. The van der Waals surface area contributed by atoms with Gasteiger partial charge in [0.05, 0.1) is 41.2 Å². The number of nitrogens with zero attached hydrogens (tertiary/aromatic N) is 1. The summed E-state index contributed by atoms with van der Waals surface area (Å²) in [5.74, 6) is 2.60. The van der Waals surface area contributed by atoms with Gasteiger partial charge in [0, 0.05) is 42.0 Å². The number of anilines is 1. The highest BCUT2D eigenvalue weighted by Crippen LogP contribution is 2.40. The van der Waals surface area contributed by atoms with Crippen LogP contribution in [0.2, 0.25) is 0 Å². The number of rotatable bonds is 11. The lowest BCUT2D eigenvalue weighted by Crippen LogP contribution is -1.99. The van der Waals surface area contributed by atoms with Crippen molar-refractivity contribution in [1.82, 2.24) is 4.57 Å². The van der Waals surface area contributed by atoms with Crippen LogP contribution in [0.15, 0.2) is 67.0 Å². The van der Waals surface area contributed by atoms with E-state index in [0.29, 0.717) is 40.0 Å². The maximum atomic E-state index is 13.0. The molecule has 8 heteroatoms. The van der Waals surface area contributed by atoms with Crippen molar-refractivity contribution in [2.24, 2.45) is 7.05 Å². The van der Waals surface area contributed by atoms with Gasteiger partial charge in [-0.1, -0.05) is 30.4 Å². The Morgan fingerprint density at radius 2 is 1.33 bits per heavy atom. The standard InChI is InChI=1S/C31H32N2O6/c1-33-19-23(22-9-7-8-10-25(22)33)26(34)13-14-32-24-15-20(16-27(35-2)30(24)38-5)11-12-21-17-28(36-3)31(39-6)29(18-21)37-4/h7-19,32H,1-6H3. The SMILES string of the molecule is COc1cc(C=Cc2cc(OC)c(OC)c(OC)c2)cc(NC=CC(=O)c2cn(C)c3ccccc23)c1OC. The van der Waals surface area contributed by atoms with E-state index in [2.05, 4.69) is 5.32 Å². The minimum atomic E-state index is -0.108. The number of aromatic nitrogens is 1. The molecule has 0 atom stereocenters. The molecule has 4 aromatic rings. The number of aryl methyl sites for hydroxylation is 1. The van der Waals surface area contributed by atoms with Crippen molar-refractivity contribution in [3.63, 3.8) is 0 Å². The molecule has 0 aliphatic carbocycles. The average molecular weight is 529 g/mol. The number of ether oxygens (including phenoxy) is 5. The van der Waals surface area contributed by atoms with Gasteiger partial charge < -0.3 is 33.6 Å². The largest absolute Gasteiger partial charge is 0.493 e. The first-order valence-corrected chi connectivity index (χ1v) is 12.2. The Morgan fingerprint density at radius 1 is 0.769 bits per heavy atom. The molecule has 0 radical (unpaired) electrons. The van der Waals surface area contributed by atoms with Crippen LogP contribution in [-0.4, -0.2) is 45.9 Å².